The summed E-state index contributed by atoms with van der Waals surface area (Å²) in [7, 11) is 0. The molecular formula is C19H10Cl3NO2S. The Labute approximate surface area is 168 Å². The number of carbonyl (C=O) groups excluding carboxylic acids is 1. The fraction of sp³-hybridized carbons (Fsp3) is 0.0526. The summed E-state index contributed by atoms with van der Waals surface area (Å²) in [6.45, 7) is 2.01. The molecule has 130 valence electrons. The Kier molecular flexibility index (Phi) is 4.53. The summed E-state index contributed by atoms with van der Waals surface area (Å²) in [6.07, 6.45) is 1.60. The van der Waals surface area contributed by atoms with Gasteiger partial charge in [0.2, 0.25) is 5.90 Å². The Hall–Kier alpha value is -1.85. The molecule has 3 nitrogen and oxygen atoms in total. The highest BCUT2D eigenvalue weighted by molar-refractivity contribution is 7.21. The first-order chi connectivity index (χ1) is 12.4. The van der Waals surface area contributed by atoms with Crippen molar-refractivity contribution in [2.24, 2.45) is 4.99 Å². The van der Waals surface area contributed by atoms with Crippen LogP contribution >= 0.6 is 46.1 Å². The molecule has 0 saturated carbocycles. The third kappa shape index (κ3) is 3.14. The van der Waals surface area contributed by atoms with Crippen LogP contribution in [0.2, 0.25) is 15.1 Å². The van der Waals surface area contributed by atoms with Crippen LogP contribution in [0.4, 0.5) is 0 Å². The lowest BCUT2D eigenvalue weighted by molar-refractivity contribution is -0.129. The second-order valence-electron chi connectivity index (χ2n) is 5.75. The molecule has 0 spiro atoms. The maximum atomic E-state index is 12.2. The molecule has 0 amide bonds. The van der Waals surface area contributed by atoms with Gasteiger partial charge in [-0.3, -0.25) is 0 Å². The van der Waals surface area contributed by atoms with Crippen LogP contribution in [0.25, 0.3) is 16.2 Å². The van der Waals surface area contributed by atoms with Gasteiger partial charge in [0.1, 0.15) is 4.88 Å². The van der Waals surface area contributed by atoms with Gasteiger partial charge in [-0.2, -0.15) is 0 Å². The van der Waals surface area contributed by atoms with Gasteiger partial charge in [-0.05, 0) is 42.3 Å². The number of ether oxygens (including phenoxy) is 1. The number of halogens is 3. The molecule has 0 bridgehead atoms. The molecular weight excluding hydrogens is 413 g/mol. The molecule has 0 N–H and O–H groups in total. The average Bonchev–Trinajstić information content (AvgIpc) is 3.11. The van der Waals surface area contributed by atoms with Gasteiger partial charge in [-0.1, -0.05) is 53.0 Å². The third-order valence-electron chi connectivity index (χ3n) is 3.85. The molecule has 1 aliphatic heterocycles. The van der Waals surface area contributed by atoms with E-state index < -0.39 is 5.97 Å². The van der Waals surface area contributed by atoms with E-state index in [2.05, 4.69) is 4.99 Å². The Balaban J connectivity index is 1.75. The van der Waals surface area contributed by atoms with E-state index in [9.17, 15) is 4.79 Å². The van der Waals surface area contributed by atoms with Crippen molar-refractivity contribution in [1.82, 2.24) is 0 Å². The normalized spacial score (nSPS) is 15.6. The van der Waals surface area contributed by atoms with Crippen molar-refractivity contribution in [3.05, 3.63) is 73.2 Å². The molecule has 2 heterocycles. The van der Waals surface area contributed by atoms with E-state index in [0.717, 1.165) is 15.6 Å². The van der Waals surface area contributed by atoms with E-state index in [-0.39, 0.29) is 11.6 Å². The number of aryl methyl sites for hydroxylation is 1. The van der Waals surface area contributed by atoms with Crippen LogP contribution in [0.15, 0.2) is 47.1 Å². The Morgan fingerprint density at radius 2 is 1.88 bits per heavy atom. The molecule has 7 heteroatoms. The molecule has 3 aromatic rings. The zero-order chi connectivity index (χ0) is 18.4. The fourth-order valence-corrected chi connectivity index (χ4v) is 4.42. The largest absolute Gasteiger partial charge is 0.401 e. The van der Waals surface area contributed by atoms with Gasteiger partial charge in [0.05, 0.1) is 15.1 Å². The number of carbonyl (C=O) groups is 1. The van der Waals surface area contributed by atoms with E-state index in [0.29, 0.717) is 25.5 Å². The standard InChI is InChI=1S/C19H10Cl3NO2S/c1-9-2-4-11-15(6-9)26-17(16(11)22)18-23-14(19(24)25-18)8-10-3-5-12(20)13(21)7-10/h2-8H,1H3/b14-8-. The van der Waals surface area contributed by atoms with Crippen molar-refractivity contribution in [1.29, 1.82) is 0 Å². The lowest BCUT2D eigenvalue weighted by atomic mass is 10.2. The fourth-order valence-electron chi connectivity index (χ4n) is 2.58. The van der Waals surface area contributed by atoms with Crippen LogP contribution in [-0.4, -0.2) is 11.9 Å². The summed E-state index contributed by atoms with van der Waals surface area (Å²) in [5, 5.41) is 2.30. The van der Waals surface area contributed by atoms with Crippen LogP contribution < -0.4 is 0 Å². The third-order valence-corrected chi connectivity index (χ3v) is 6.23. The number of fused-ring (bicyclic) bond motifs is 1. The van der Waals surface area contributed by atoms with Gasteiger partial charge < -0.3 is 4.74 Å². The molecule has 0 aliphatic carbocycles. The lowest BCUT2D eigenvalue weighted by Gasteiger charge is -1.97. The predicted octanol–water partition coefficient (Wildman–Crippen LogP) is 6.51. The maximum absolute atomic E-state index is 12.2. The molecule has 0 atom stereocenters. The van der Waals surface area contributed by atoms with Crippen molar-refractivity contribution < 1.29 is 9.53 Å². The molecule has 1 aromatic heterocycles. The summed E-state index contributed by atoms with van der Waals surface area (Å²) in [5.41, 5.74) is 2.02. The quantitative estimate of drug-likeness (QED) is 0.348. The molecule has 4 rings (SSSR count). The second kappa shape index (κ2) is 6.71. The summed E-state index contributed by atoms with van der Waals surface area (Å²) >= 11 is 19.8. The number of esters is 1. The van der Waals surface area contributed by atoms with Crippen LogP contribution in [-0.2, 0) is 9.53 Å². The number of nitrogens with zero attached hydrogens (tertiary/aromatic N) is 1. The smallest absolute Gasteiger partial charge is 0.363 e. The summed E-state index contributed by atoms with van der Waals surface area (Å²) in [6, 6.07) is 11.1. The number of rotatable bonds is 2. The number of hydrogen-bond acceptors (Lipinski definition) is 4. The predicted molar refractivity (Wildman–Crippen MR) is 109 cm³/mol. The molecule has 1 aliphatic rings. The number of thiophene rings is 1. The highest BCUT2D eigenvalue weighted by Gasteiger charge is 2.28. The zero-order valence-electron chi connectivity index (χ0n) is 13.3. The minimum absolute atomic E-state index is 0.183. The van der Waals surface area contributed by atoms with Gasteiger partial charge in [-0.15, -0.1) is 11.3 Å². The summed E-state index contributed by atoms with van der Waals surface area (Å²) < 4.78 is 6.36. The second-order valence-corrected chi connectivity index (χ2v) is 8.00. The average molecular weight is 423 g/mol. The zero-order valence-corrected chi connectivity index (χ0v) is 16.4. The van der Waals surface area contributed by atoms with E-state index >= 15 is 0 Å². The number of hydrogen-bond donors (Lipinski definition) is 0. The molecule has 0 saturated heterocycles. The Morgan fingerprint density at radius 3 is 2.65 bits per heavy atom. The van der Waals surface area contributed by atoms with E-state index in [1.165, 1.54) is 11.3 Å². The first kappa shape index (κ1) is 17.6. The van der Waals surface area contributed by atoms with Gasteiger partial charge in [-0.25, -0.2) is 9.79 Å². The minimum atomic E-state index is -0.532. The monoisotopic (exact) mass is 421 g/mol. The van der Waals surface area contributed by atoms with Crippen LogP contribution in [0.1, 0.15) is 16.0 Å². The Bertz CT molecular complexity index is 1130. The topological polar surface area (TPSA) is 38.7 Å². The van der Waals surface area contributed by atoms with Crippen molar-refractivity contribution in [3.8, 4) is 0 Å². The number of cyclic esters (lactones) is 1. The van der Waals surface area contributed by atoms with Crippen molar-refractivity contribution in [2.75, 3.05) is 0 Å². The SMILES string of the molecule is Cc1ccc2c(Cl)c(C3=N/C(=C\c4ccc(Cl)c(Cl)c4)C(=O)O3)sc2c1. The molecule has 0 fully saturated rings. The Morgan fingerprint density at radius 1 is 1.08 bits per heavy atom. The number of benzene rings is 2. The van der Waals surface area contributed by atoms with Gasteiger partial charge in [0.15, 0.2) is 5.70 Å². The van der Waals surface area contributed by atoms with Crippen LogP contribution in [0.3, 0.4) is 0 Å². The van der Waals surface area contributed by atoms with Crippen LogP contribution in [0, 0.1) is 6.92 Å². The van der Waals surface area contributed by atoms with Gasteiger partial charge in [0.25, 0.3) is 0 Å². The first-order valence-corrected chi connectivity index (χ1v) is 9.54. The van der Waals surface area contributed by atoms with Gasteiger partial charge in [0, 0.05) is 10.1 Å². The highest BCUT2D eigenvalue weighted by atomic mass is 35.5. The molecule has 0 unspecified atom stereocenters. The highest BCUT2D eigenvalue weighted by Crippen LogP contribution is 2.38. The maximum Gasteiger partial charge on any atom is 0.363 e. The molecule has 0 radical (unpaired) electrons. The van der Waals surface area contributed by atoms with E-state index in [1.807, 2.05) is 25.1 Å². The van der Waals surface area contributed by atoms with Crippen molar-refractivity contribution >= 4 is 74.2 Å². The van der Waals surface area contributed by atoms with Crippen LogP contribution in [0.5, 0.6) is 0 Å². The van der Waals surface area contributed by atoms with E-state index in [4.69, 9.17) is 39.5 Å². The summed E-state index contributed by atoms with van der Waals surface area (Å²) in [4.78, 5) is 17.2. The number of aliphatic imine (C=N–C) groups is 1. The van der Waals surface area contributed by atoms with Crippen molar-refractivity contribution in [2.45, 2.75) is 6.92 Å². The first-order valence-electron chi connectivity index (χ1n) is 7.59. The molecule has 26 heavy (non-hydrogen) atoms. The van der Waals surface area contributed by atoms with E-state index in [1.54, 1.807) is 24.3 Å². The molecule has 2 aromatic carbocycles. The minimum Gasteiger partial charge on any atom is -0.401 e. The van der Waals surface area contributed by atoms with Gasteiger partial charge >= 0.3 is 5.97 Å². The lowest BCUT2D eigenvalue weighted by Crippen LogP contribution is -2.04. The summed E-state index contributed by atoms with van der Waals surface area (Å²) in [5.74, 6) is -0.319. The van der Waals surface area contributed by atoms with Crippen molar-refractivity contribution in [3.63, 3.8) is 0 Å².